The zero-order valence-corrected chi connectivity index (χ0v) is 6.30. The molecule has 0 N–H and O–H groups in total. The minimum atomic E-state index is -0.785. The van der Waals surface area contributed by atoms with Gasteiger partial charge in [0.25, 0.3) is 0 Å². The van der Waals surface area contributed by atoms with Crippen molar-refractivity contribution in [2.45, 2.75) is 42.5 Å². The van der Waals surface area contributed by atoms with Gasteiger partial charge in [-0.25, -0.2) is 0 Å². The van der Waals surface area contributed by atoms with Crippen molar-refractivity contribution in [3.63, 3.8) is 0 Å². The molecule has 1 aromatic rings. The lowest BCUT2D eigenvalue weighted by Crippen LogP contribution is -1.77. The zero-order valence-electron chi connectivity index (χ0n) is 14.3. The normalized spacial score (nSPS) is 15.1. The van der Waals surface area contributed by atoms with Gasteiger partial charge in [0.15, 0.2) is 0 Å². The van der Waals surface area contributed by atoms with Gasteiger partial charge in [0.05, 0.1) is 0 Å². The van der Waals surface area contributed by atoms with Crippen LogP contribution in [0.1, 0.15) is 51.7 Å². The van der Waals surface area contributed by atoms with Gasteiger partial charge in [0, 0.05) is 11.4 Å². The zero-order chi connectivity index (χ0) is 15.0. The number of benzene rings is 1. The van der Waals surface area contributed by atoms with E-state index in [-0.39, 0.29) is 14.9 Å². The molecule has 0 heteroatoms. The molecule has 0 saturated heterocycles. The molecule has 0 saturated carbocycles. The highest BCUT2D eigenvalue weighted by molar-refractivity contribution is 5.20. The molecule has 0 fully saturated rings. The smallest absolute Gasteiger partial charge is 0.0280 e. The molecule has 1 atom stereocenters. The Morgan fingerprint density at radius 2 is 2.17 bits per heavy atom. The maximum atomic E-state index is 7.08. The minimum Gasteiger partial charge on any atom is -0.0776 e. The molecular formula is C12H28. The first-order valence-corrected chi connectivity index (χ1v) is 2.94. The molecule has 0 aliphatic carbocycles. The molecule has 0 radical (unpaired) electrons. The van der Waals surface area contributed by atoms with Gasteiger partial charge in [-0.3, -0.25) is 0 Å². The summed E-state index contributed by atoms with van der Waals surface area (Å²) in [5, 5.41) is 0. The van der Waals surface area contributed by atoms with Gasteiger partial charge in [0.2, 0.25) is 0 Å². The fourth-order valence-electron chi connectivity index (χ4n) is 0.675. The van der Waals surface area contributed by atoms with Crippen LogP contribution >= 0.6 is 0 Å². The van der Waals surface area contributed by atoms with E-state index in [4.69, 9.17) is 11.4 Å². The lowest BCUT2D eigenvalue weighted by Gasteiger charge is -1.94. The quantitative estimate of drug-likeness (QED) is 0.579. The SMILES string of the molecule is C.C.[2H]Cc1ccc(CC([2H])[3H])cc1.[2H][3H].[2H][3H].[3H]C. The number of hydrogen-bond acceptors (Lipinski definition) is 0. The Balaban J connectivity index is -0.0000000833. The molecule has 1 unspecified atom stereocenters. The molecule has 0 aliphatic heterocycles. The predicted octanol–water partition coefficient (Wildman–Crippen LogP) is 4.96. The van der Waals surface area contributed by atoms with Crippen LogP contribution in [0.5, 0.6) is 0 Å². The van der Waals surface area contributed by atoms with E-state index >= 15 is 0 Å². The van der Waals surface area contributed by atoms with E-state index in [0.29, 0.717) is 13.3 Å². The van der Waals surface area contributed by atoms with Crippen molar-refractivity contribution in [2.24, 2.45) is 0 Å². The largest absolute Gasteiger partial charge is 0.0776 e. The fourth-order valence-corrected chi connectivity index (χ4v) is 0.675. The van der Waals surface area contributed by atoms with Crippen molar-refractivity contribution in [1.82, 2.24) is 0 Å². The Morgan fingerprint density at radius 1 is 1.58 bits per heavy atom. The molecule has 0 heterocycles. The van der Waals surface area contributed by atoms with Crippen LogP contribution in [0.2, 0.25) is 0 Å². The summed E-state index contributed by atoms with van der Waals surface area (Å²) < 4.78 is 46.9. The average molecular weight is 184 g/mol. The lowest BCUT2D eigenvalue weighted by molar-refractivity contribution is 1.14. The van der Waals surface area contributed by atoms with E-state index in [0.717, 1.165) is 11.1 Å². The van der Waals surface area contributed by atoms with Crippen molar-refractivity contribution in [3.8, 4) is 0 Å². The second-order valence-electron chi connectivity index (χ2n) is 2.02. The van der Waals surface area contributed by atoms with Crippen LogP contribution < -0.4 is 0 Å². The first-order chi connectivity index (χ1) is 8.72. The van der Waals surface area contributed by atoms with Gasteiger partial charge >= 0.3 is 0 Å². The van der Waals surface area contributed by atoms with Crippen LogP contribution in [-0.4, -0.2) is 0 Å². The third-order valence-electron chi connectivity index (χ3n) is 1.26. The van der Waals surface area contributed by atoms with Crippen LogP contribution in [-0.2, 0) is 6.42 Å². The molecule has 0 bridgehead atoms. The number of rotatable bonds is 1. The second-order valence-corrected chi connectivity index (χ2v) is 2.02. The van der Waals surface area contributed by atoms with E-state index in [1.807, 2.05) is 24.3 Å². The number of aryl methyl sites for hydroxylation is 2. The maximum absolute atomic E-state index is 7.08. The summed E-state index contributed by atoms with van der Waals surface area (Å²) in [4.78, 5) is 0. The Kier molecular flexibility index (Phi) is 4.02. The first-order valence-electron chi connectivity index (χ1n) is 7.80. The Labute approximate surface area is 90.4 Å². The van der Waals surface area contributed by atoms with Crippen LogP contribution in [0.15, 0.2) is 24.3 Å². The van der Waals surface area contributed by atoms with Gasteiger partial charge in [-0.1, -0.05) is 59.0 Å². The van der Waals surface area contributed by atoms with Crippen LogP contribution in [0.4, 0.5) is 0 Å². The van der Waals surface area contributed by atoms with E-state index in [9.17, 15) is 0 Å². The fraction of sp³-hybridized carbons (Fsp3) is 0.500. The Morgan fingerprint density at radius 3 is 2.58 bits per heavy atom. The van der Waals surface area contributed by atoms with Crippen molar-refractivity contribution >= 4 is 0 Å². The molecule has 0 spiro atoms. The van der Waals surface area contributed by atoms with E-state index < -0.39 is 6.88 Å². The Bertz CT molecular complexity index is 238. The summed E-state index contributed by atoms with van der Waals surface area (Å²) in [6, 6.07) is 7.54. The van der Waals surface area contributed by atoms with E-state index in [1.54, 1.807) is 0 Å². The molecule has 1 rings (SSSR count). The van der Waals surface area contributed by atoms with E-state index in [2.05, 4.69) is 0 Å². The highest BCUT2D eigenvalue weighted by atomic mass is 13.9. The van der Waals surface area contributed by atoms with Crippen molar-refractivity contribution in [3.05, 3.63) is 35.4 Å². The van der Waals surface area contributed by atoms with Gasteiger partial charge in [-0.05, 0) is 18.9 Å². The predicted molar refractivity (Wildman–Crippen MR) is 65.0 cm³/mol. The summed E-state index contributed by atoms with van der Waals surface area (Å²) in [6.45, 7) is -0.488. The lowest BCUT2D eigenvalue weighted by atomic mass is 10.1. The molecule has 12 heavy (non-hydrogen) atoms. The molecule has 0 aliphatic rings. The second kappa shape index (κ2) is 8.32. The first kappa shape index (κ1) is 5.80. The highest BCUT2D eigenvalue weighted by Gasteiger charge is 1.84. The van der Waals surface area contributed by atoms with Gasteiger partial charge in [0.1, 0.15) is 0 Å². The van der Waals surface area contributed by atoms with Gasteiger partial charge in [-0.2, -0.15) is 0 Å². The number of hydrogen-bond donors (Lipinski definition) is 0. The summed E-state index contributed by atoms with van der Waals surface area (Å²) in [6.07, 6.45) is 0.471. The van der Waals surface area contributed by atoms with Crippen molar-refractivity contribution in [2.75, 3.05) is 0 Å². The summed E-state index contributed by atoms with van der Waals surface area (Å²) in [5.74, 6) is 0. The van der Waals surface area contributed by atoms with E-state index in [1.165, 1.54) is 7.40 Å². The Hall–Kier alpha value is -0.780. The molecule has 0 amide bonds. The molecule has 76 valence electrons. The molecule has 0 nitrogen and oxygen atoms in total. The summed E-state index contributed by atoms with van der Waals surface area (Å²) in [7, 11) is 1.25. The molecule has 0 aromatic heterocycles. The van der Waals surface area contributed by atoms with Crippen molar-refractivity contribution < 1.29 is 11.4 Å². The highest BCUT2D eigenvalue weighted by Crippen LogP contribution is 2.02. The topological polar surface area (TPSA) is 0 Å². The molecule has 1 aromatic carbocycles. The monoisotopic (exact) mass is 184 g/mol. The molecular weight excluding hydrogens is 144 g/mol. The van der Waals surface area contributed by atoms with Crippen LogP contribution in [0.3, 0.4) is 0 Å². The third-order valence-corrected chi connectivity index (χ3v) is 1.26. The summed E-state index contributed by atoms with van der Waals surface area (Å²) >= 11 is 0. The minimum absolute atomic E-state index is 0. The standard InChI is InChI=1S/C9H12.3CH4.2H2/c1-3-9-6-4-8(2)5-7-9;;;;;/h4-7H,3H2,1-2H3;3*1H4;2*1H/i1TD,2D;1T;;;2*1+2D. The van der Waals surface area contributed by atoms with Crippen LogP contribution in [0, 0.1) is 6.90 Å². The third kappa shape index (κ3) is 4.95. The maximum Gasteiger partial charge on any atom is 0.0280 e. The van der Waals surface area contributed by atoms with Crippen LogP contribution in [0.25, 0.3) is 0 Å². The summed E-state index contributed by atoms with van der Waals surface area (Å²) in [5.41, 5.74) is 1.98. The van der Waals surface area contributed by atoms with Crippen molar-refractivity contribution in [1.29, 1.82) is 0 Å². The average Bonchev–Trinajstić information content (AvgIpc) is 2.46. The van der Waals surface area contributed by atoms with Gasteiger partial charge in [-0.15, -0.1) is 0 Å². The van der Waals surface area contributed by atoms with Gasteiger partial charge < -0.3 is 0 Å².